The van der Waals surface area contributed by atoms with Crippen molar-refractivity contribution >= 4 is 0 Å². The van der Waals surface area contributed by atoms with Crippen molar-refractivity contribution in [1.29, 1.82) is 5.26 Å². The molecule has 0 aromatic rings. The molecule has 2 aliphatic carbocycles. The Morgan fingerprint density at radius 1 is 1.50 bits per heavy atom. The fourth-order valence-corrected chi connectivity index (χ4v) is 2.97. The molecule has 0 N–H and O–H groups in total. The van der Waals surface area contributed by atoms with E-state index in [1.165, 1.54) is 12.8 Å². The van der Waals surface area contributed by atoms with Gasteiger partial charge >= 0.3 is 0 Å². The molecule has 1 fully saturated rings. The van der Waals surface area contributed by atoms with Gasteiger partial charge in [-0.1, -0.05) is 26.0 Å². The lowest BCUT2D eigenvalue weighted by Gasteiger charge is -2.28. The van der Waals surface area contributed by atoms with E-state index in [0.29, 0.717) is 11.8 Å². The van der Waals surface area contributed by atoms with Crippen LogP contribution in [-0.2, 0) is 0 Å². The first-order chi connectivity index (χ1) is 6.66. The van der Waals surface area contributed by atoms with E-state index in [2.05, 4.69) is 32.1 Å². The summed E-state index contributed by atoms with van der Waals surface area (Å²) in [4.78, 5) is 0. The van der Waals surface area contributed by atoms with Gasteiger partial charge in [0.15, 0.2) is 0 Å². The lowest BCUT2D eigenvalue weighted by molar-refractivity contribution is 0.277. The Morgan fingerprint density at radius 3 is 2.71 bits per heavy atom. The largest absolute Gasteiger partial charge is 0.198 e. The normalized spacial score (nSPS) is 39.3. The van der Waals surface area contributed by atoms with Crippen LogP contribution in [0.4, 0.5) is 0 Å². The van der Waals surface area contributed by atoms with E-state index in [0.717, 1.165) is 18.8 Å². The fourth-order valence-electron chi connectivity index (χ4n) is 2.97. The minimum Gasteiger partial charge on any atom is -0.198 e. The first kappa shape index (κ1) is 9.77. The van der Waals surface area contributed by atoms with E-state index in [-0.39, 0.29) is 5.41 Å². The van der Waals surface area contributed by atoms with Crippen molar-refractivity contribution in [1.82, 2.24) is 0 Å². The maximum Gasteiger partial charge on any atom is 0.0696 e. The van der Waals surface area contributed by atoms with Crippen molar-refractivity contribution < 1.29 is 0 Å². The average Bonchev–Trinajstić information content (AvgIpc) is 2.74. The zero-order chi connectivity index (χ0) is 10.2. The molecule has 2 rings (SSSR count). The van der Waals surface area contributed by atoms with Crippen molar-refractivity contribution in [2.45, 2.75) is 39.5 Å². The van der Waals surface area contributed by atoms with Gasteiger partial charge < -0.3 is 0 Å². The Bertz CT molecular complexity index is 284. The summed E-state index contributed by atoms with van der Waals surface area (Å²) in [5.41, 5.74) is 0.00366. The van der Waals surface area contributed by atoms with E-state index in [9.17, 15) is 5.26 Å². The summed E-state index contributed by atoms with van der Waals surface area (Å²) in [5.74, 6) is 2.01. The Labute approximate surface area is 86.8 Å². The number of nitrogens with zero attached hydrogens (tertiary/aromatic N) is 1. The summed E-state index contributed by atoms with van der Waals surface area (Å²) < 4.78 is 0. The highest BCUT2D eigenvalue weighted by atomic mass is 14.5. The maximum absolute atomic E-state index is 9.37. The molecular weight excluding hydrogens is 170 g/mol. The van der Waals surface area contributed by atoms with Gasteiger partial charge in [-0.05, 0) is 43.4 Å². The molecule has 0 aromatic heterocycles. The van der Waals surface area contributed by atoms with E-state index in [4.69, 9.17) is 0 Å². The van der Waals surface area contributed by atoms with Crippen molar-refractivity contribution in [2.75, 3.05) is 0 Å². The molecule has 0 radical (unpaired) electrons. The second-order valence-electron chi connectivity index (χ2n) is 5.39. The first-order valence-corrected chi connectivity index (χ1v) is 5.76. The third-order valence-electron chi connectivity index (χ3n) is 3.90. The van der Waals surface area contributed by atoms with Gasteiger partial charge in [0.2, 0.25) is 0 Å². The van der Waals surface area contributed by atoms with Crippen LogP contribution in [0, 0.1) is 34.5 Å². The topological polar surface area (TPSA) is 23.8 Å². The molecular formula is C13H19N. The number of hydrogen-bond donors (Lipinski definition) is 0. The highest BCUT2D eigenvalue weighted by Crippen LogP contribution is 2.54. The quantitative estimate of drug-likeness (QED) is 0.623. The maximum atomic E-state index is 9.37. The Morgan fingerprint density at radius 2 is 2.29 bits per heavy atom. The second-order valence-corrected chi connectivity index (χ2v) is 5.39. The van der Waals surface area contributed by atoms with Gasteiger partial charge in [0.05, 0.1) is 11.5 Å². The van der Waals surface area contributed by atoms with Crippen molar-refractivity contribution in [3.63, 3.8) is 0 Å². The lowest BCUT2D eigenvalue weighted by atomic mass is 9.73. The Kier molecular flexibility index (Phi) is 2.39. The minimum absolute atomic E-state index is 0.00366. The summed E-state index contributed by atoms with van der Waals surface area (Å²) in [6.45, 7) is 4.49. The molecule has 1 heteroatoms. The molecule has 14 heavy (non-hydrogen) atoms. The van der Waals surface area contributed by atoms with Gasteiger partial charge in [-0.25, -0.2) is 0 Å². The summed E-state index contributed by atoms with van der Waals surface area (Å²) in [6, 6.07) is 2.61. The second kappa shape index (κ2) is 3.42. The van der Waals surface area contributed by atoms with Gasteiger partial charge in [-0.2, -0.15) is 5.26 Å². The van der Waals surface area contributed by atoms with Gasteiger partial charge in [0.25, 0.3) is 0 Å². The SMILES string of the molecule is CC(C)CC[C@@]1(C#N)C[C@H]2C=C[C@H]1C2. The minimum atomic E-state index is 0.00366. The van der Waals surface area contributed by atoms with Crippen LogP contribution in [0.2, 0.25) is 0 Å². The van der Waals surface area contributed by atoms with E-state index in [1.54, 1.807) is 0 Å². The molecule has 3 atom stereocenters. The molecule has 76 valence electrons. The molecule has 1 saturated carbocycles. The Balaban J connectivity index is 2.05. The zero-order valence-electron chi connectivity index (χ0n) is 9.16. The van der Waals surface area contributed by atoms with Crippen LogP contribution in [0.25, 0.3) is 0 Å². The van der Waals surface area contributed by atoms with Crippen LogP contribution in [0.5, 0.6) is 0 Å². The number of rotatable bonds is 3. The molecule has 0 spiro atoms. The summed E-state index contributed by atoms with van der Waals surface area (Å²) in [6.07, 6.45) is 9.27. The molecule has 0 aliphatic heterocycles. The van der Waals surface area contributed by atoms with Gasteiger partial charge in [-0.3, -0.25) is 0 Å². The van der Waals surface area contributed by atoms with Crippen molar-refractivity contribution in [3.8, 4) is 6.07 Å². The molecule has 0 aromatic carbocycles. The molecule has 0 heterocycles. The summed E-state index contributed by atoms with van der Waals surface area (Å²) in [7, 11) is 0. The molecule has 2 aliphatic rings. The number of nitriles is 1. The van der Waals surface area contributed by atoms with Crippen molar-refractivity contribution in [3.05, 3.63) is 12.2 Å². The van der Waals surface area contributed by atoms with E-state index >= 15 is 0 Å². The zero-order valence-corrected chi connectivity index (χ0v) is 9.16. The molecule has 0 unspecified atom stereocenters. The number of fused-ring (bicyclic) bond motifs is 2. The molecule has 1 nitrogen and oxygen atoms in total. The van der Waals surface area contributed by atoms with Crippen LogP contribution < -0.4 is 0 Å². The van der Waals surface area contributed by atoms with Gasteiger partial charge in [-0.15, -0.1) is 0 Å². The summed E-state index contributed by atoms with van der Waals surface area (Å²) in [5, 5.41) is 9.37. The monoisotopic (exact) mass is 189 g/mol. The standard InChI is InChI=1S/C13H19N/c1-10(2)5-6-13(9-14)8-11-3-4-12(13)7-11/h3-4,10-12H,5-8H2,1-2H3/t11-,12-,13-/m0/s1. The number of allylic oxidation sites excluding steroid dienone is 2. The smallest absolute Gasteiger partial charge is 0.0696 e. The lowest BCUT2D eigenvalue weighted by Crippen LogP contribution is -2.24. The number of hydrogen-bond acceptors (Lipinski definition) is 1. The fraction of sp³-hybridized carbons (Fsp3) is 0.769. The molecule has 0 saturated heterocycles. The molecule has 0 amide bonds. The Hall–Kier alpha value is -0.770. The van der Waals surface area contributed by atoms with Crippen LogP contribution >= 0.6 is 0 Å². The van der Waals surface area contributed by atoms with Crippen LogP contribution in [0.15, 0.2) is 12.2 Å². The van der Waals surface area contributed by atoms with Gasteiger partial charge in [0.1, 0.15) is 0 Å². The highest BCUT2D eigenvalue weighted by Gasteiger charge is 2.48. The third kappa shape index (κ3) is 1.47. The predicted molar refractivity (Wildman–Crippen MR) is 57.5 cm³/mol. The third-order valence-corrected chi connectivity index (χ3v) is 3.90. The van der Waals surface area contributed by atoms with Crippen molar-refractivity contribution in [2.24, 2.45) is 23.2 Å². The van der Waals surface area contributed by atoms with Crippen LogP contribution in [0.1, 0.15) is 39.5 Å². The predicted octanol–water partition coefficient (Wildman–Crippen LogP) is 3.53. The van der Waals surface area contributed by atoms with E-state index < -0.39 is 0 Å². The first-order valence-electron chi connectivity index (χ1n) is 5.76. The van der Waals surface area contributed by atoms with Crippen LogP contribution in [-0.4, -0.2) is 0 Å². The van der Waals surface area contributed by atoms with E-state index in [1.807, 2.05) is 0 Å². The average molecular weight is 189 g/mol. The molecule has 2 bridgehead atoms. The highest BCUT2D eigenvalue weighted by molar-refractivity contribution is 5.21. The van der Waals surface area contributed by atoms with Crippen LogP contribution in [0.3, 0.4) is 0 Å². The summed E-state index contributed by atoms with van der Waals surface area (Å²) >= 11 is 0. The van der Waals surface area contributed by atoms with Gasteiger partial charge in [0, 0.05) is 0 Å².